The molecule has 104 valence electrons. The second kappa shape index (κ2) is 17.0. The minimum absolute atomic E-state index is 0. The van der Waals surface area contributed by atoms with Gasteiger partial charge in [-0.15, -0.1) is 5.69 Å². The number of carbonyl (C=O) groups excluding carboxylic acids is 1. The monoisotopic (exact) mass is 311 g/mol. The summed E-state index contributed by atoms with van der Waals surface area (Å²) in [6, 6.07) is 16.5. The maximum Gasteiger partial charge on any atom is 2.00 e. The van der Waals surface area contributed by atoms with Crippen molar-refractivity contribution in [3.63, 3.8) is 0 Å². The molecule has 0 spiro atoms. The van der Waals surface area contributed by atoms with Crippen LogP contribution in [0, 0.1) is 13.3 Å². The van der Waals surface area contributed by atoms with Crippen LogP contribution >= 0.6 is 0 Å². The number of benzene rings is 1. The number of hydrogen-bond acceptors (Lipinski definition) is 1. The van der Waals surface area contributed by atoms with Crippen molar-refractivity contribution in [3.8, 4) is 0 Å². The van der Waals surface area contributed by atoms with Crippen molar-refractivity contribution in [1.82, 2.24) is 0 Å². The maximum absolute atomic E-state index is 10.7. The molecule has 0 unspecified atom stereocenters. The van der Waals surface area contributed by atoms with E-state index in [1.165, 1.54) is 6.92 Å². The molecule has 5 heteroatoms. The average Bonchev–Trinajstić information content (AvgIpc) is 3.03. The molecule has 0 fully saturated rings. The normalized spacial score (nSPS) is 6.85. The number of nitrogens with one attached hydrogen (secondary N) is 1. The first-order chi connectivity index (χ1) is 9.20. The molecular formula is C15H13FeNO3. The Morgan fingerprint density at radius 1 is 1.05 bits per heavy atom. The van der Waals surface area contributed by atoms with E-state index in [1.54, 1.807) is 24.3 Å². The number of ketones is 1. The van der Waals surface area contributed by atoms with Gasteiger partial charge in [-0.25, -0.2) is 12.1 Å². The van der Waals surface area contributed by atoms with Crippen molar-refractivity contribution in [2.24, 2.45) is 0 Å². The molecule has 2 rings (SSSR count). The van der Waals surface area contributed by atoms with E-state index in [-0.39, 0.29) is 22.9 Å². The van der Waals surface area contributed by atoms with E-state index < -0.39 is 0 Å². The Balaban J connectivity index is -0.000000246. The van der Waals surface area contributed by atoms with Crippen LogP contribution in [0.5, 0.6) is 0 Å². The zero-order chi connectivity index (χ0) is 15.1. The number of carbonyl (C=O) groups is 1. The van der Waals surface area contributed by atoms with Crippen LogP contribution in [-0.2, 0) is 26.4 Å². The Kier molecular flexibility index (Phi) is 19.7. The van der Waals surface area contributed by atoms with Gasteiger partial charge in [-0.3, -0.25) is 4.79 Å². The van der Waals surface area contributed by atoms with E-state index in [4.69, 9.17) is 15.0 Å². The predicted octanol–water partition coefficient (Wildman–Crippen LogP) is 3.90. The number of hydrogen-bond donors (Lipinski definition) is 0. The molecule has 2 aromatic carbocycles. The van der Waals surface area contributed by atoms with Gasteiger partial charge in [0.1, 0.15) is 0 Å². The van der Waals surface area contributed by atoms with Crippen LogP contribution in [-0.4, -0.2) is 5.78 Å². The second-order valence-corrected chi connectivity index (χ2v) is 3.10. The molecule has 0 aromatic heterocycles. The average molecular weight is 311 g/mol. The van der Waals surface area contributed by atoms with Crippen molar-refractivity contribution in [2.75, 3.05) is 0 Å². The summed E-state index contributed by atoms with van der Waals surface area (Å²) in [6.07, 6.45) is 0. The van der Waals surface area contributed by atoms with E-state index in [1.807, 2.05) is 30.3 Å². The Morgan fingerprint density at radius 3 is 1.70 bits per heavy atom. The first-order valence-electron chi connectivity index (χ1n) is 5.10. The van der Waals surface area contributed by atoms with Gasteiger partial charge in [0.25, 0.3) is 0 Å². The molecule has 0 atom stereocenters. The SMILES string of the molecule is CC(=O)c1ccc([NH-])cc1.[C-]#[O+].[C-]#[O+].[Fe+2].c1cc[cH-]c1. The molecule has 0 aliphatic heterocycles. The van der Waals surface area contributed by atoms with Crippen LogP contribution in [0.1, 0.15) is 17.3 Å². The first-order valence-corrected chi connectivity index (χ1v) is 5.10. The summed E-state index contributed by atoms with van der Waals surface area (Å²) in [5.41, 5.74) is 8.22. The van der Waals surface area contributed by atoms with E-state index >= 15 is 0 Å². The van der Waals surface area contributed by atoms with Gasteiger partial charge in [-0.05, 0) is 6.92 Å². The fraction of sp³-hybridized carbons (Fsp3) is 0.0667. The molecule has 0 amide bonds. The molecule has 20 heavy (non-hydrogen) atoms. The maximum atomic E-state index is 10.7. The van der Waals surface area contributed by atoms with E-state index in [2.05, 4.69) is 13.3 Å². The van der Waals surface area contributed by atoms with Gasteiger partial charge < -0.3 is 5.73 Å². The second-order valence-electron chi connectivity index (χ2n) is 3.10. The van der Waals surface area contributed by atoms with Crippen molar-refractivity contribution < 1.29 is 31.2 Å². The molecular weight excluding hydrogens is 298 g/mol. The minimum Gasteiger partial charge on any atom is -0.214 e. The molecule has 0 aliphatic carbocycles. The Labute approximate surface area is 129 Å². The van der Waals surface area contributed by atoms with Crippen LogP contribution in [0.2, 0.25) is 0 Å². The molecule has 0 aliphatic rings. The van der Waals surface area contributed by atoms with Gasteiger partial charge in [0.2, 0.25) is 0 Å². The predicted molar refractivity (Wildman–Crippen MR) is 70.3 cm³/mol. The first kappa shape index (κ1) is 23.2. The molecule has 0 heterocycles. The zero-order valence-electron chi connectivity index (χ0n) is 10.8. The summed E-state index contributed by atoms with van der Waals surface area (Å²) in [7, 11) is 0. The van der Waals surface area contributed by atoms with Gasteiger partial charge in [0, 0.05) is 5.56 Å². The Morgan fingerprint density at radius 2 is 1.45 bits per heavy atom. The summed E-state index contributed by atoms with van der Waals surface area (Å²) >= 11 is 0. The molecule has 2 aromatic rings. The summed E-state index contributed by atoms with van der Waals surface area (Å²) in [5.74, 6) is 0.0417. The summed E-state index contributed by atoms with van der Waals surface area (Å²) in [6.45, 7) is 10.5. The molecule has 0 radical (unpaired) electrons. The Bertz CT molecular complexity index is 450. The van der Waals surface area contributed by atoms with Gasteiger partial charge >= 0.3 is 39.7 Å². The smallest absolute Gasteiger partial charge is 0.214 e. The number of Topliss-reactive ketones (excluding diaryl/α,β-unsaturated/α-hetero) is 1. The standard InChI is InChI=1S/C8H9NO.C5H5.2CO.Fe/c1-6(10)7-2-4-8(9)5-3-7;1-2-4-5-3-1;2*1-2;/h2-5H,1H3,(H2,9,10);1-5H;;;/q;-1;;;+2/p-1. The Hall–Kier alpha value is -1.96. The zero-order valence-corrected chi connectivity index (χ0v) is 11.9. The third kappa shape index (κ3) is 12.5. The van der Waals surface area contributed by atoms with Crippen LogP contribution in [0.15, 0.2) is 54.6 Å². The van der Waals surface area contributed by atoms with Gasteiger partial charge in [0.15, 0.2) is 5.78 Å². The van der Waals surface area contributed by atoms with Crippen LogP contribution < -0.4 is 0 Å². The fourth-order valence-corrected chi connectivity index (χ4v) is 1.03. The van der Waals surface area contributed by atoms with Crippen molar-refractivity contribution in [1.29, 1.82) is 0 Å². The van der Waals surface area contributed by atoms with Gasteiger partial charge in [0.05, 0.1) is 0 Å². The van der Waals surface area contributed by atoms with Crippen LogP contribution in [0.25, 0.3) is 5.73 Å². The third-order valence-electron chi connectivity index (χ3n) is 1.85. The molecule has 1 N–H and O–H groups in total. The number of rotatable bonds is 1. The quantitative estimate of drug-likeness (QED) is 0.340. The van der Waals surface area contributed by atoms with Crippen molar-refractivity contribution in [3.05, 3.63) is 79.2 Å². The van der Waals surface area contributed by atoms with E-state index in [9.17, 15) is 4.79 Å². The molecule has 0 saturated carbocycles. The minimum atomic E-state index is 0. The molecule has 0 saturated heterocycles. The summed E-state index contributed by atoms with van der Waals surface area (Å²) in [5, 5.41) is 0. The topological polar surface area (TPSA) is 80.7 Å². The van der Waals surface area contributed by atoms with Gasteiger partial charge in [-0.1, -0.05) is 24.3 Å². The van der Waals surface area contributed by atoms with Crippen LogP contribution in [0.3, 0.4) is 0 Å². The summed E-state index contributed by atoms with van der Waals surface area (Å²) in [4.78, 5) is 10.7. The van der Waals surface area contributed by atoms with E-state index in [0.29, 0.717) is 11.3 Å². The molecule has 0 bridgehead atoms. The van der Waals surface area contributed by atoms with Crippen LogP contribution in [0.4, 0.5) is 5.69 Å². The molecule has 4 nitrogen and oxygen atoms in total. The van der Waals surface area contributed by atoms with E-state index in [0.717, 1.165) is 0 Å². The fourth-order valence-electron chi connectivity index (χ4n) is 1.03. The van der Waals surface area contributed by atoms with Crippen molar-refractivity contribution in [2.45, 2.75) is 6.92 Å². The summed E-state index contributed by atoms with van der Waals surface area (Å²) < 4.78 is 15.0. The van der Waals surface area contributed by atoms with Crippen molar-refractivity contribution >= 4 is 11.5 Å². The van der Waals surface area contributed by atoms with Gasteiger partial charge in [-0.2, -0.15) is 18.2 Å². The largest absolute Gasteiger partial charge is 2.00 e. The third-order valence-corrected chi connectivity index (χ3v) is 1.85.